The molecular formula is C13H13ClN2O. The standard InChI is InChI=1S/C13H13ClN2O/c14-10-4-3-9-5-12(16-11(9)6-10)13(17)15-7-8-1-2-8/h3-6,8,16H,1-2,7H2,(H,15,17). The second-order valence-electron chi connectivity index (χ2n) is 4.57. The van der Waals surface area contributed by atoms with Crippen LogP contribution in [0, 0.1) is 5.92 Å². The van der Waals surface area contributed by atoms with Gasteiger partial charge in [0.2, 0.25) is 0 Å². The van der Waals surface area contributed by atoms with Crippen LogP contribution < -0.4 is 5.32 Å². The summed E-state index contributed by atoms with van der Waals surface area (Å²) in [7, 11) is 0. The van der Waals surface area contributed by atoms with Gasteiger partial charge in [0.1, 0.15) is 5.69 Å². The summed E-state index contributed by atoms with van der Waals surface area (Å²) in [5, 5.41) is 4.61. The van der Waals surface area contributed by atoms with Crippen LogP contribution in [0.3, 0.4) is 0 Å². The number of benzene rings is 1. The number of fused-ring (bicyclic) bond motifs is 1. The van der Waals surface area contributed by atoms with E-state index in [1.807, 2.05) is 24.3 Å². The van der Waals surface area contributed by atoms with Gasteiger partial charge in [-0.05, 0) is 37.0 Å². The van der Waals surface area contributed by atoms with Gasteiger partial charge in [-0.2, -0.15) is 0 Å². The second-order valence-corrected chi connectivity index (χ2v) is 5.00. The molecule has 1 saturated carbocycles. The van der Waals surface area contributed by atoms with Gasteiger partial charge in [-0.25, -0.2) is 0 Å². The van der Waals surface area contributed by atoms with Crippen LogP contribution in [0.5, 0.6) is 0 Å². The average Bonchev–Trinajstić information content (AvgIpc) is 3.04. The monoisotopic (exact) mass is 248 g/mol. The molecule has 88 valence electrons. The van der Waals surface area contributed by atoms with Crippen molar-refractivity contribution in [2.45, 2.75) is 12.8 Å². The number of halogens is 1. The summed E-state index contributed by atoms with van der Waals surface area (Å²) >= 11 is 5.90. The van der Waals surface area contributed by atoms with Crippen LogP contribution in [-0.2, 0) is 0 Å². The Balaban J connectivity index is 1.81. The van der Waals surface area contributed by atoms with Crippen LogP contribution in [0.25, 0.3) is 10.9 Å². The molecular weight excluding hydrogens is 236 g/mol. The van der Waals surface area contributed by atoms with Crippen molar-refractivity contribution >= 4 is 28.4 Å². The fourth-order valence-corrected chi connectivity index (χ4v) is 2.05. The molecule has 0 atom stereocenters. The van der Waals surface area contributed by atoms with Crippen LogP contribution in [-0.4, -0.2) is 17.4 Å². The summed E-state index contributed by atoms with van der Waals surface area (Å²) in [4.78, 5) is 14.9. The van der Waals surface area contributed by atoms with Gasteiger partial charge in [0.05, 0.1) is 0 Å². The molecule has 3 rings (SSSR count). The molecule has 1 aliphatic carbocycles. The van der Waals surface area contributed by atoms with Gasteiger partial charge >= 0.3 is 0 Å². The number of nitrogens with one attached hydrogen (secondary N) is 2. The largest absolute Gasteiger partial charge is 0.350 e. The fraction of sp³-hybridized carbons (Fsp3) is 0.308. The lowest BCUT2D eigenvalue weighted by molar-refractivity contribution is 0.0947. The highest BCUT2D eigenvalue weighted by atomic mass is 35.5. The molecule has 0 saturated heterocycles. The molecule has 1 aromatic heterocycles. The third-order valence-corrected chi connectivity index (χ3v) is 3.31. The molecule has 0 radical (unpaired) electrons. The number of hydrogen-bond acceptors (Lipinski definition) is 1. The maximum Gasteiger partial charge on any atom is 0.267 e. The van der Waals surface area contributed by atoms with Crippen LogP contribution >= 0.6 is 11.6 Å². The number of aromatic amines is 1. The highest BCUT2D eigenvalue weighted by molar-refractivity contribution is 6.31. The molecule has 1 aliphatic rings. The molecule has 4 heteroatoms. The number of H-pyrrole nitrogens is 1. The van der Waals surface area contributed by atoms with Crippen LogP contribution in [0.2, 0.25) is 5.02 Å². The Morgan fingerprint density at radius 3 is 3.00 bits per heavy atom. The number of carbonyl (C=O) groups excluding carboxylic acids is 1. The molecule has 2 aromatic rings. The fourth-order valence-electron chi connectivity index (χ4n) is 1.88. The van der Waals surface area contributed by atoms with Crippen LogP contribution in [0.15, 0.2) is 24.3 Å². The number of rotatable bonds is 3. The van der Waals surface area contributed by atoms with Crippen LogP contribution in [0.4, 0.5) is 0 Å². The molecule has 1 amide bonds. The van der Waals surface area contributed by atoms with Crippen molar-refractivity contribution in [3.8, 4) is 0 Å². The van der Waals surface area contributed by atoms with E-state index < -0.39 is 0 Å². The topological polar surface area (TPSA) is 44.9 Å². The van der Waals surface area contributed by atoms with Gasteiger partial charge in [-0.1, -0.05) is 17.7 Å². The molecule has 2 N–H and O–H groups in total. The maximum atomic E-state index is 11.9. The first kappa shape index (κ1) is 10.7. The SMILES string of the molecule is O=C(NCC1CC1)c1cc2ccc(Cl)cc2[nH]1. The molecule has 0 unspecified atom stereocenters. The number of hydrogen-bond donors (Lipinski definition) is 2. The Labute approximate surface area is 104 Å². The molecule has 1 aromatic carbocycles. The van der Waals surface area contributed by atoms with E-state index in [0.717, 1.165) is 17.4 Å². The molecule has 0 spiro atoms. The quantitative estimate of drug-likeness (QED) is 0.862. The maximum absolute atomic E-state index is 11.9. The zero-order valence-electron chi connectivity index (χ0n) is 9.29. The summed E-state index contributed by atoms with van der Waals surface area (Å²) < 4.78 is 0. The summed E-state index contributed by atoms with van der Waals surface area (Å²) in [5.41, 5.74) is 1.50. The van der Waals surface area contributed by atoms with Gasteiger partial charge in [0, 0.05) is 22.5 Å². The van der Waals surface area contributed by atoms with E-state index in [1.54, 1.807) is 0 Å². The smallest absolute Gasteiger partial charge is 0.267 e. The molecule has 0 bridgehead atoms. The predicted octanol–water partition coefficient (Wildman–Crippen LogP) is 2.96. The zero-order valence-corrected chi connectivity index (χ0v) is 10.1. The van der Waals surface area contributed by atoms with Crippen molar-refractivity contribution in [3.63, 3.8) is 0 Å². The summed E-state index contributed by atoms with van der Waals surface area (Å²) in [6.45, 7) is 0.787. The molecule has 17 heavy (non-hydrogen) atoms. The van der Waals surface area contributed by atoms with Crippen molar-refractivity contribution in [1.29, 1.82) is 0 Å². The minimum absolute atomic E-state index is 0.0378. The lowest BCUT2D eigenvalue weighted by Gasteiger charge is -2.00. The summed E-state index contributed by atoms with van der Waals surface area (Å²) in [5.74, 6) is 0.655. The predicted molar refractivity (Wildman–Crippen MR) is 68.4 cm³/mol. The van der Waals surface area contributed by atoms with Crippen molar-refractivity contribution in [2.75, 3.05) is 6.54 Å². The molecule has 3 nitrogen and oxygen atoms in total. The van der Waals surface area contributed by atoms with E-state index in [-0.39, 0.29) is 5.91 Å². The Bertz CT molecular complexity index is 572. The third-order valence-electron chi connectivity index (χ3n) is 3.08. The lowest BCUT2D eigenvalue weighted by Crippen LogP contribution is -2.25. The highest BCUT2D eigenvalue weighted by Gasteiger charge is 2.22. The van der Waals surface area contributed by atoms with E-state index in [9.17, 15) is 4.79 Å². The normalized spacial score (nSPS) is 15.1. The van der Waals surface area contributed by atoms with Gasteiger partial charge in [-0.15, -0.1) is 0 Å². The lowest BCUT2D eigenvalue weighted by atomic mass is 10.2. The first-order valence-electron chi connectivity index (χ1n) is 5.79. The highest BCUT2D eigenvalue weighted by Crippen LogP contribution is 2.27. The third kappa shape index (κ3) is 2.29. The Morgan fingerprint density at radius 1 is 1.41 bits per heavy atom. The van der Waals surface area contributed by atoms with Crippen molar-refractivity contribution in [3.05, 3.63) is 35.0 Å². The Kier molecular flexibility index (Phi) is 2.56. The number of amides is 1. The Hall–Kier alpha value is -1.48. The summed E-state index contributed by atoms with van der Waals surface area (Å²) in [6.07, 6.45) is 2.48. The first-order valence-corrected chi connectivity index (χ1v) is 6.16. The summed E-state index contributed by atoms with van der Waals surface area (Å²) in [6, 6.07) is 7.41. The van der Waals surface area contributed by atoms with E-state index in [4.69, 9.17) is 11.6 Å². The minimum Gasteiger partial charge on any atom is -0.350 e. The van der Waals surface area contributed by atoms with Gasteiger partial charge in [-0.3, -0.25) is 4.79 Å². The average molecular weight is 249 g/mol. The van der Waals surface area contributed by atoms with E-state index >= 15 is 0 Å². The van der Waals surface area contributed by atoms with Crippen molar-refractivity contribution in [2.24, 2.45) is 5.92 Å². The van der Waals surface area contributed by atoms with Gasteiger partial charge < -0.3 is 10.3 Å². The second kappa shape index (κ2) is 4.08. The van der Waals surface area contributed by atoms with Crippen LogP contribution in [0.1, 0.15) is 23.3 Å². The van der Waals surface area contributed by atoms with Crippen molar-refractivity contribution in [1.82, 2.24) is 10.3 Å². The van der Waals surface area contributed by atoms with E-state index in [0.29, 0.717) is 16.6 Å². The minimum atomic E-state index is -0.0378. The molecule has 1 heterocycles. The van der Waals surface area contributed by atoms with E-state index in [2.05, 4.69) is 10.3 Å². The number of aromatic nitrogens is 1. The Morgan fingerprint density at radius 2 is 2.24 bits per heavy atom. The van der Waals surface area contributed by atoms with Gasteiger partial charge in [0.25, 0.3) is 5.91 Å². The first-order chi connectivity index (χ1) is 8.22. The van der Waals surface area contributed by atoms with E-state index in [1.165, 1.54) is 12.8 Å². The molecule has 1 fully saturated rings. The van der Waals surface area contributed by atoms with Crippen molar-refractivity contribution < 1.29 is 4.79 Å². The zero-order chi connectivity index (χ0) is 11.8. The number of carbonyl (C=O) groups is 1. The molecule has 0 aliphatic heterocycles. The van der Waals surface area contributed by atoms with Gasteiger partial charge in [0.15, 0.2) is 0 Å².